The van der Waals surface area contributed by atoms with Gasteiger partial charge in [0.2, 0.25) is 0 Å². The molecule has 1 aromatic heterocycles. The van der Waals surface area contributed by atoms with Gasteiger partial charge >= 0.3 is 0 Å². The molecule has 0 aromatic carbocycles. The van der Waals surface area contributed by atoms with Gasteiger partial charge in [-0.25, -0.2) is 9.97 Å². The molecular weight excluding hydrogens is 228 g/mol. The van der Waals surface area contributed by atoms with Gasteiger partial charge < -0.3 is 15.7 Å². The highest BCUT2D eigenvalue weighted by Gasteiger charge is 2.30. The summed E-state index contributed by atoms with van der Waals surface area (Å²) < 4.78 is 0. The molecule has 1 heterocycles. The summed E-state index contributed by atoms with van der Waals surface area (Å²) in [5.41, 5.74) is 5.84. The van der Waals surface area contributed by atoms with E-state index in [0.29, 0.717) is 17.7 Å². The lowest BCUT2D eigenvalue weighted by atomic mass is 9.82. The molecule has 0 atom stereocenters. The zero-order valence-electron chi connectivity index (χ0n) is 10.7. The van der Waals surface area contributed by atoms with Gasteiger partial charge in [0.1, 0.15) is 17.5 Å². The Bertz CT molecular complexity index is 441. The number of hydrogen-bond acceptors (Lipinski definition) is 5. The summed E-state index contributed by atoms with van der Waals surface area (Å²) >= 11 is 0. The SMILES string of the molecule is CN(CC1CC(O)C1)c1cc(N)nc(C2CC2)n1. The van der Waals surface area contributed by atoms with Gasteiger partial charge in [-0.15, -0.1) is 0 Å². The number of nitrogens with zero attached hydrogens (tertiary/aromatic N) is 3. The topological polar surface area (TPSA) is 75.3 Å². The van der Waals surface area contributed by atoms with Crippen molar-refractivity contribution in [3.63, 3.8) is 0 Å². The van der Waals surface area contributed by atoms with Crippen LogP contribution in [-0.4, -0.2) is 34.8 Å². The maximum atomic E-state index is 9.31. The second-order valence-corrected chi connectivity index (χ2v) is 5.66. The average molecular weight is 248 g/mol. The number of nitrogen functional groups attached to an aromatic ring is 1. The molecule has 3 N–H and O–H groups in total. The van der Waals surface area contributed by atoms with Crippen LogP contribution in [0.3, 0.4) is 0 Å². The largest absolute Gasteiger partial charge is 0.393 e. The predicted molar refractivity (Wildman–Crippen MR) is 70.4 cm³/mol. The Morgan fingerprint density at radius 2 is 2.11 bits per heavy atom. The minimum absolute atomic E-state index is 0.0964. The molecule has 0 amide bonds. The minimum atomic E-state index is -0.0964. The number of aromatic nitrogens is 2. The third-order valence-corrected chi connectivity index (χ3v) is 3.83. The molecule has 98 valence electrons. The van der Waals surface area contributed by atoms with Crippen LogP contribution in [0, 0.1) is 5.92 Å². The van der Waals surface area contributed by atoms with Crippen molar-refractivity contribution in [2.24, 2.45) is 5.92 Å². The molecule has 0 radical (unpaired) electrons. The van der Waals surface area contributed by atoms with Crippen LogP contribution in [0.2, 0.25) is 0 Å². The van der Waals surface area contributed by atoms with E-state index in [-0.39, 0.29) is 6.10 Å². The summed E-state index contributed by atoms with van der Waals surface area (Å²) in [5, 5.41) is 9.31. The molecule has 0 saturated heterocycles. The minimum Gasteiger partial charge on any atom is -0.393 e. The molecule has 0 aliphatic heterocycles. The Kier molecular flexibility index (Phi) is 2.86. The summed E-state index contributed by atoms with van der Waals surface area (Å²) in [6.07, 6.45) is 4.07. The summed E-state index contributed by atoms with van der Waals surface area (Å²) in [6.45, 7) is 0.928. The fraction of sp³-hybridized carbons (Fsp3) is 0.692. The second kappa shape index (κ2) is 4.39. The van der Waals surface area contributed by atoms with Crippen LogP contribution >= 0.6 is 0 Å². The van der Waals surface area contributed by atoms with Crippen molar-refractivity contribution in [2.45, 2.75) is 37.7 Å². The Balaban J connectivity index is 1.70. The highest BCUT2D eigenvalue weighted by molar-refractivity contribution is 5.47. The van der Waals surface area contributed by atoms with Gasteiger partial charge in [0, 0.05) is 25.6 Å². The Hall–Kier alpha value is -1.36. The maximum absolute atomic E-state index is 9.31. The monoisotopic (exact) mass is 248 g/mol. The molecule has 2 saturated carbocycles. The summed E-state index contributed by atoms with van der Waals surface area (Å²) in [5.74, 6) is 3.45. The molecule has 0 bridgehead atoms. The molecule has 2 fully saturated rings. The van der Waals surface area contributed by atoms with Crippen molar-refractivity contribution < 1.29 is 5.11 Å². The fourth-order valence-electron chi connectivity index (χ4n) is 2.52. The van der Waals surface area contributed by atoms with Crippen LogP contribution in [0.15, 0.2) is 6.07 Å². The lowest BCUT2D eigenvalue weighted by Gasteiger charge is -2.34. The lowest BCUT2D eigenvalue weighted by Crippen LogP contribution is -2.37. The Morgan fingerprint density at radius 3 is 2.72 bits per heavy atom. The van der Waals surface area contributed by atoms with Gasteiger partial charge in [0.25, 0.3) is 0 Å². The molecule has 18 heavy (non-hydrogen) atoms. The van der Waals surface area contributed by atoms with Crippen LogP contribution in [-0.2, 0) is 0 Å². The molecular formula is C13H20N4O. The van der Waals surface area contributed by atoms with Gasteiger partial charge in [0.05, 0.1) is 6.10 Å². The van der Waals surface area contributed by atoms with Crippen molar-refractivity contribution in [1.82, 2.24) is 9.97 Å². The van der Waals surface area contributed by atoms with Gasteiger partial charge in [-0.2, -0.15) is 0 Å². The molecule has 1 aromatic rings. The van der Waals surface area contributed by atoms with E-state index in [1.807, 2.05) is 13.1 Å². The smallest absolute Gasteiger partial charge is 0.136 e. The van der Waals surface area contributed by atoms with Crippen LogP contribution in [0.4, 0.5) is 11.6 Å². The third kappa shape index (κ3) is 2.41. The fourth-order valence-corrected chi connectivity index (χ4v) is 2.52. The molecule has 0 spiro atoms. The number of anilines is 2. The van der Waals surface area contributed by atoms with E-state index in [1.54, 1.807) is 0 Å². The normalized spacial score (nSPS) is 26.8. The van der Waals surface area contributed by atoms with Gasteiger partial charge in [-0.1, -0.05) is 0 Å². The van der Waals surface area contributed by atoms with Gasteiger partial charge in [-0.05, 0) is 31.6 Å². The van der Waals surface area contributed by atoms with E-state index in [1.165, 1.54) is 12.8 Å². The molecule has 2 aliphatic carbocycles. The number of aliphatic hydroxyl groups is 1. The van der Waals surface area contributed by atoms with Crippen LogP contribution in [0.25, 0.3) is 0 Å². The maximum Gasteiger partial charge on any atom is 0.136 e. The van der Waals surface area contributed by atoms with Crippen molar-refractivity contribution in [3.05, 3.63) is 11.9 Å². The number of aliphatic hydroxyl groups excluding tert-OH is 1. The summed E-state index contributed by atoms with van der Waals surface area (Å²) in [6, 6.07) is 1.83. The zero-order valence-corrected chi connectivity index (χ0v) is 10.7. The van der Waals surface area contributed by atoms with Crippen molar-refractivity contribution in [1.29, 1.82) is 0 Å². The molecule has 0 unspecified atom stereocenters. The van der Waals surface area contributed by atoms with Gasteiger partial charge in [0.15, 0.2) is 0 Å². The summed E-state index contributed by atoms with van der Waals surface area (Å²) in [4.78, 5) is 11.0. The second-order valence-electron chi connectivity index (χ2n) is 5.66. The summed E-state index contributed by atoms with van der Waals surface area (Å²) in [7, 11) is 2.03. The predicted octanol–water partition coefficient (Wildman–Crippen LogP) is 1.14. The molecule has 2 aliphatic rings. The highest BCUT2D eigenvalue weighted by Crippen LogP contribution is 2.39. The average Bonchev–Trinajstić information content (AvgIpc) is 3.09. The quantitative estimate of drug-likeness (QED) is 0.836. The first kappa shape index (κ1) is 11.7. The lowest BCUT2D eigenvalue weighted by molar-refractivity contribution is 0.0464. The number of rotatable bonds is 4. The highest BCUT2D eigenvalue weighted by atomic mass is 16.3. The van der Waals surface area contributed by atoms with E-state index in [0.717, 1.165) is 31.0 Å². The van der Waals surface area contributed by atoms with Gasteiger partial charge in [-0.3, -0.25) is 0 Å². The van der Waals surface area contributed by atoms with Crippen LogP contribution < -0.4 is 10.6 Å². The van der Waals surface area contributed by atoms with E-state index in [2.05, 4.69) is 14.9 Å². The standard InChI is InChI=1S/C13H20N4O/c1-17(7-8-4-10(18)5-8)12-6-11(14)15-13(16-12)9-2-3-9/h6,8-10,18H,2-5,7H2,1H3,(H2,14,15,16). The first-order valence-electron chi connectivity index (χ1n) is 6.65. The number of nitrogens with two attached hydrogens (primary N) is 1. The zero-order chi connectivity index (χ0) is 12.7. The van der Waals surface area contributed by atoms with Crippen molar-refractivity contribution in [3.8, 4) is 0 Å². The molecule has 3 rings (SSSR count). The molecule has 5 heteroatoms. The third-order valence-electron chi connectivity index (χ3n) is 3.83. The first-order valence-corrected chi connectivity index (χ1v) is 6.65. The number of hydrogen-bond donors (Lipinski definition) is 2. The van der Waals surface area contributed by atoms with Crippen LogP contribution in [0.5, 0.6) is 0 Å². The van der Waals surface area contributed by atoms with E-state index in [4.69, 9.17) is 5.73 Å². The van der Waals surface area contributed by atoms with E-state index < -0.39 is 0 Å². The molecule has 5 nitrogen and oxygen atoms in total. The van der Waals surface area contributed by atoms with Crippen molar-refractivity contribution >= 4 is 11.6 Å². The van der Waals surface area contributed by atoms with E-state index in [9.17, 15) is 5.11 Å². The van der Waals surface area contributed by atoms with Crippen LogP contribution in [0.1, 0.15) is 37.4 Å². The Labute approximate surface area is 107 Å². The van der Waals surface area contributed by atoms with Crippen molar-refractivity contribution in [2.75, 3.05) is 24.2 Å². The first-order chi connectivity index (χ1) is 8.61. The van der Waals surface area contributed by atoms with E-state index >= 15 is 0 Å². The Morgan fingerprint density at radius 1 is 1.39 bits per heavy atom.